The van der Waals surface area contributed by atoms with Crippen LogP contribution in [0.1, 0.15) is 65.7 Å². The van der Waals surface area contributed by atoms with Gasteiger partial charge in [-0.1, -0.05) is 40.0 Å². The van der Waals surface area contributed by atoms with Gasteiger partial charge in [-0.25, -0.2) is 4.79 Å². The first-order chi connectivity index (χ1) is 8.65. The van der Waals surface area contributed by atoms with Crippen molar-refractivity contribution < 1.29 is 4.79 Å². The fourth-order valence-corrected chi connectivity index (χ4v) is 2.54. The Kier molecular flexibility index (Phi) is 7.14. The summed E-state index contributed by atoms with van der Waals surface area (Å²) in [5.41, 5.74) is 0. The molecular formula is C15H30N2O. The topological polar surface area (TPSA) is 32.3 Å². The van der Waals surface area contributed by atoms with Crippen LogP contribution in [0.25, 0.3) is 0 Å². The Morgan fingerprint density at radius 3 is 2.56 bits per heavy atom. The second-order valence-electron chi connectivity index (χ2n) is 5.90. The highest BCUT2D eigenvalue weighted by Gasteiger charge is 2.26. The number of urea groups is 1. The standard InChI is InChI=1S/C15H30N2O/c1-4-5-11-16-15(18)17(12-10-13(2)3)14-8-6-7-9-14/h13-14H,4-12H2,1-3H3,(H,16,18). The summed E-state index contributed by atoms with van der Waals surface area (Å²) >= 11 is 0. The average molecular weight is 254 g/mol. The Bertz CT molecular complexity index is 235. The van der Waals surface area contributed by atoms with Crippen LogP contribution in [0.2, 0.25) is 0 Å². The number of amides is 2. The first kappa shape index (κ1) is 15.3. The summed E-state index contributed by atoms with van der Waals surface area (Å²) in [6.45, 7) is 8.34. The summed E-state index contributed by atoms with van der Waals surface area (Å²) in [5, 5.41) is 3.07. The van der Waals surface area contributed by atoms with Gasteiger partial charge in [-0.2, -0.15) is 0 Å². The molecule has 0 unspecified atom stereocenters. The second-order valence-corrected chi connectivity index (χ2v) is 5.90. The van der Waals surface area contributed by atoms with Gasteiger partial charge in [0, 0.05) is 19.1 Å². The first-order valence-corrected chi connectivity index (χ1v) is 7.69. The molecule has 1 rings (SSSR count). The highest BCUT2D eigenvalue weighted by atomic mass is 16.2. The van der Waals surface area contributed by atoms with E-state index >= 15 is 0 Å². The zero-order chi connectivity index (χ0) is 13.4. The van der Waals surface area contributed by atoms with E-state index in [4.69, 9.17) is 0 Å². The van der Waals surface area contributed by atoms with Gasteiger partial charge in [0.05, 0.1) is 0 Å². The van der Waals surface area contributed by atoms with Crippen molar-refractivity contribution in [3.8, 4) is 0 Å². The third-order valence-corrected chi connectivity index (χ3v) is 3.78. The van der Waals surface area contributed by atoms with Crippen molar-refractivity contribution in [3.05, 3.63) is 0 Å². The largest absolute Gasteiger partial charge is 0.338 e. The Morgan fingerprint density at radius 2 is 2.00 bits per heavy atom. The van der Waals surface area contributed by atoms with E-state index in [2.05, 4.69) is 31.0 Å². The van der Waals surface area contributed by atoms with Gasteiger partial charge in [-0.05, 0) is 31.6 Å². The Labute approximate surface area is 112 Å². The van der Waals surface area contributed by atoms with Crippen LogP contribution in [0, 0.1) is 5.92 Å². The van der Waals surface area contributed by atoms with Crippen LogP contribution in [0.3, 0.4) is 0 Å². The predicted molar refractivity (Wildman–Crippen MR) is 76.7 cm³/mol. The molecule has 1 fully saturated rings. The van der Waals surface area contributed by atoms with Gasteiger partial charge in [0.1, 0.15) is 0 Å². The minimum Gasteiger partial charge on any atom is -0.338 e. The first-order valence-electron chi connectivity index (χ1n) is 7.69. The average Bonchev–Trinajstić information content (AvgIpc) is 2.83. The lowest BCUT2D eigenvalue weighted by Crippen LogP contribution is -2.46. The maximum atomic E-state index is 12.2. The lowest BCUT2D eigenvalue weighted by Gasteiger charge is -2.29. The number of nitrogens with zero attached hydrogens (tertiary/aromatic N) is 1. The van der Waals surface area contributed by atoms with Crippen LogP contribution < -0.4 is 5.32 Å². The molecule has 2 amide bonds. The van der Waals surface area contributed by atoms with Gasteiger partial charge in [0.2, 0.25) is 0 Å². The molecule has 1 aliphatic rings. The van der Waals surface area contributed by atoms with Crippen LogP contribution in [0.5, 0.6) is 0 Å². The van der Waals surface area contributed by atoms with E-state index in [1.165, 1.54) is 25.7 Å². The van der Waals surface area contributed by atoms with Gasteiger partial charge in [-0.15, -0.1) is 0 Å². The SMILES string of the molecule is CCCCNC(=O)N(CCC(C)C)C1CCCC1. The summed E-state index contributed by atoms with van der Waals surface area (Å²) < 4.78 is 0. The van der Waals surface area contributed by atoms with E-state index < -0.39 is 0 Å². The fourth-order valence-electron chi connectivity index (χ4n) is 2.54. The molecule has 106 valence electrons. The van der Waals surface area contributed by atoms with Crippen LogP contribution in [0.15, 0.2) is 0 Å². The van der Waals surface area contributed by atoms with Crippen molar-refractivity contribution in [1.82, 2.24) is 10.2 Å². The van der Waals surface area contributed by atoms with Gasteiger partial charge < -0.3 is 10.2 Å². The number of rotatable bonds is 7. The van der Waals surface area contributed by atoms with E-state index in [0.29, 0.717) is 12.0 Å². The van der Waals surface area contributed by atoms with Crippen molar-refractivity contribution in [2.24, 2.45) is 5.92 Å². The molecule has 0 radical (unpaired) electrons. The molecule has 1 N–H and O–H groups in total. The van der Waals surface area contributed by atoms with Crippen molar-refractivity contribution in [2.75, 3.05) is 13.1 Å². The molecule has 0 saturated heterocycles. The van der Waals surface area contributed by atoms with Crippen LogP contribution in [-0.4, -0.2) is 30.1 Å². The van der Waals surface area contributed by atoms with Gasteiger partial charge in [0.25, 0.3) is 0 Å². The lowest BCUT2D eigenvalue weighted by atomic mass is 10.1. The summed E-state index contributed by atoms with van der Waals surface area (Å²) in [6, 6.07) is 0.654. The normalized spacial score (nSPS) is 16.2. The fraction of sp³-hybridized carbons (Fsp3) is 0.933. The summed E-state index contributed by atoms with van der Waals surface area (Å²) in [5.74, 6) is 0.664. The molecule has 3 nitrogen and oxygen atoms in total. The van der Waals surface area contributed by atoms with Gasteiger partial charge >= 0.3 is 6.03 Å². The molecule has 18 heavy (non-hydrogen) atoms. The van der Waals surface area contributed by atoms with Crippen LogP contribution in [0.4, 0.5) is 4.79 Å². The smallest absolute Gasteiger partial charge is 0.317 e. The molecule has 0 aromatic rings. The molecule has 0 aliphatic heterocycles. The highest BCUT2D eigenvalue weighted by molar-refractivity contribution is 5.74. The quantitative estimate of drug-likeness (QED) is 0.689. The number of carbonyl (C=O) groups excluding carboxylic acids is 1. The van der Waals surface area contributed by atoms with Crippen molar-refractivity contribution in [2.45, 2.75) is 71.8 Å². The molecule has 0 aromatic heterocycles. The number of hydrogen-bond donors (Lipinski definition) is 1. The number of nitrogens with one attached hydrogen (secondary N) is 1. The third kappa shape index (κ3) is 5.28. The van der Waals surface area contributed by atoms with E-state index in [-0.39, 0.29) is 6.03 Å². The van der Waals surface area contributed by atoms with Crippen LogP contribution >= 0.6 is 0 Å². The molecular weight excluding hydrogens is 224 g/mol. The second kappa shape index (κ2) is 8.39. The number of carbonyl (C=O) groups is 1. The van der Waals surface area contributed by atoms with Crippen molar-refractivity contribution in [1.29, 1.82) is 0 Å². The zero-order valence-corrected chi connectivity index (χ0v) is 12.4. The van der Waals surface area contributed by atoms with Crippen molar-refractivity contribution in [3.63, 3.8) is 0 Å². The Morgan fingerprint density at radius 1 is 1.33 bits per heavy atom. The van der Waals surface area contributed by atoms with Gasteiger partial charge in [0.15, 0.2) is 0 Å². The molecule has 0 bridgehead atoms. The van der Waals surface area contributed by atoms with E-state index in [9.17, 15) is 4.79 Å². The van der Waals surface area contributed by atoms with E-state index in [0.717, 1.165) is 32.4 Å². The van der Waals surface area contributed by atoms with E-state index in [1.54, 1.807) is 0 Å². The maximum Gasteiger partial charge on any atom is 0.317 e. The minimum absolute atomic E-state index is 0.163. The number of hydrogen-bond acceptors (Lipinski definition) is 1. The zero-order valence-electron chi connectivity index (χ0n) is 12.4. The van der Waals surface area contributed by atoms with Crippen molar-refractivity contribution >= 4 is 6.03 Å². The molecule has 0 aromatic carbocycles. The predicted octanol–water partition coefficient (Wildman–Crippen LogP) is 3.79. The molecule has 0 heterocycles. The maximum absolute atomic E-state index is 12.2. The third-order valence-electron chi connectivity index (χ3n) is 3.78. The van der Waals surface area contributed by atoms with Crippen LogP contribution in [-0.2, 0) is 0 Å². The molecule has 1 saturated carbocycles. The van der Waals surface area contributed by atoms with E-state index in [1.807, 2.05) is 0 Å². The lowest BCUT2D eigenvalue weighted by molar-refractivity contribution is 0.171. The number of unbranched alkanes of at least 4 members (excludes halogenated alkanes) is 1. The molecule has 0 spiro atoms. The van der Waals surface area contributed by atoms with Gasteiger partial charge in [-0.3, -0.25) is 0 Å². The molecule has 3 heteroatoms. The minimum atomic E-state index is 0.163. The monoisotopic (exact) mass is 254 g/mol. The summed E-state index contributed by atoms with van der Waals surface area (Å²) in [7, 11) is 0. The Hall–Kier alpha value is -0.730. The molecule has 0 atom stereocenters. The summed E-state index contributed by atoms with van der Waals surface area (Å²) in [4.78, 5) is 14.3. The molecule has 1 aliphatic carbocycles. The highest BCUT2D eigenvalue weighted by Crippen LogP contribution is 2.24. The summed E-state index contributed by atoms with van der Waals surface area (Å²) in [6.07, 6.45) is 8.27. The Balaban J connectivity index is 2.44.